The van der Waals surface area contributed by atoms with Crippen molar-refractivity contribution in [3.05, 3.63) is 80.5 Å². The summed E-state index contributed by atoms with van der Waals surface area (Å²) in [6.07, 6.45) is 1.94. The lowest BCUT2D eigenvalue weighted by Crippen LogP contribution is -2.37. The van der Waals surface area contributed by atoms with Crippen molar-refractivity contribution in [1.82, 2.24) is 24.1 Å². The Bertz CT molecular complexity index is 1590. The number of phenols is 1. The number of nitrogens with one attached hydrogen (secondary N) is 1. The minimum atomic E-state index is -0.481. The zero-order valence-corrected chi connectivity index (χ0v) is 21.4. The highest BCUT2D eigenvalue weighted by molar-refractivity contribution is 7.99. The number of aromatic hydroxyl groups is 1. The van der Waals surface area contributed by atoms with Crippen LogP contribution in [0.2, 0.25) is 0 Å². The van der Waals surface area contributed by atoms with Crippen molar-refractivity contribution >= 4 is 35.0 Å². The van der Waals surface area contributed by atoms with Gasteiger partial charge in [-0.2, -0.15) is 5.10 Å². The molecule has 0 aliphatic rings. The molecule has 2 heterocycles. The number of aryl methyl sites for hydroxylation is 3. The van der Waals surface area contributed by atoms with E-state index in [1.807, 2.05) is 24.3 Å². The zero-order chi connectivity index (χ0) is 26.5. The van der Waals surface area contributed by atoms with Gasteiger partial charge in [0.25, 0.3) is 11.5 Å². The fraction of sp³-hybridized carbons (Fsp3) is 0.240. The van der Waals surface area contributed by atoms with E-state index in [1.165, 1.54) is 23.9 Å². The molecule has 11 nitrogen and oxygen atoms in total. The van der Waals surface area contributed by atoms with E-state index in [0.717, 1.165) is 27.6 Å². The average Bonchev–Trinajstić information content (AvgIpc) is 3.28. The Morgan fingerprint density at radius 3 is 2.57 bits per heavy atom. The Morgan fingerprint density at radius 1 is 1.14 bits per heavy atom. The van der Waals surface area contributed by atoms with Crippen LogP contribution < -0.4 is 21.4 Å². The third kappa shape index (κ3) is 5.59. The van der Waals surface area contributed by atoms with Crippen LogP contribution in [-0.4, -0.2) is 48.8 Å². The molecule has 192 valence electrons. The summed E-state index contributed by atoms with van der Waals surface area (Å²) >= 11 is 1.13. The van der Waals surface area contributed by atoms with E-state index in [0.29, 0.717) is 29.2 Å². The Balaban J connectivity index is 1.57. The van der Waals surface area contributed by atoms with Gasteiger partial charge in [-0.05, 0) is 36.2 Å². The number of hydrogen-bond acceptors (Lipinski definition) is 8. The van der Waals surface area contributed by atoms with E-state index in [-0.39, 0.29) is 17.1 Å². The van der Waals surface area contributed by atoms with Gasteiger partial charge in [-0.1, -0.05) is 36.0 Å². The van der Waals surface area contributed by atoms with E-state index in [9.17, 15) is 19.5 Å². The number of imidazole rings is 1. The first kappa shape index (κ1) is 25.8. The van der Waals surface area contributed by atoms with E-state index in [4.69, 9.17) is 4.74 Å². The number of hydrazone groups is 1. The van der Waals surface area contributed by atoms with Gasteiger partial charge in [-0.15, -0.1) is 0 Å². The summed E-state index contributed by atoms with van der Waals surface area (Å²) in [5.41, 5.74) is 3.52. The fourth-order valence-electron chi connectivity index (χ4n) is 3.71. The lowest BCUT2D eigenvalue weighted by molar-refractivity contribution is -0.118. The van der Waals surface area contributed by atoms with Gasteiger partial charge in [-0.3, -0.25) is 18.7 Å². The van der Waals surface area contributed by atoms with E-state index in [1.54, 1.807) is 36.9 Å². The zero-order valence-electron chi connectivity index (χ0n) is 20.5. The van der Waals surface area contributed by atoms with Gasteiger partial charge in [0.1, 0.15) is 11.5 Å². The number of fused-ring (bicyclic) bond motifs is 1. The smallest absolute Gasteiger partial charge is 0.332 e. The molecule has 0 fully saturated rings. The highest BCUT2D eigenvalue weighted by atomic mass is 32.2. The summed E-state index contributed by atoms with van der Waals surface area (Å²) in [7, 11) is 4.58. The number of benzene rings is 2. The number of aromatic nitrogens is 4. The monoisotopic (exact) mass is 522 g/mol. The molecular weight excluding hydrogens is 496 g/mol. The summed E-state index contributed by atoms with van der Waals surface area (Å²) in [6.45, 7) is 0.408. The molecule has 0 saturated carbocycles. The molecule has 0 aliphatic heterocycles. The van der Waals surface area contributed by atoms with Crippen molar-refractivity contribution in [1.29, 1.82) is 0 Å². The van der Waals surface area contributed by atoms with Crippen molar-refractivity contribution in [2.75, 3.05) is 12.9 Å². The van der Waals surface area contributed by atoms with Gasteiger partial charge in [0, 0.05) is 26.2 Å². The number of para-hydroxylation sites is 1. The molecule has 0 spiro atoms. The molecule has 2 aromatic heterocycles. The molecule has 0 bridgehead atoms. The lowest BCUT2D eigenvalue weighted by Gasteiger charge is -2.10. The number of carbonyl (C=O) groups excluding carboxylic acids is 1. The molecule has 0 radical (unpaired) electrons. The Hall–Kier alpha value is -4.32. The molecular formula is C25H26N6O5S. The van der Waals surface area contributed by atoms with Crippen LogP contribution in [0.1, 0.15) is 11.1 Å². The van der Waals surface area contributed by atoms with Crippen molar-refractivity contribution in [2.45, 2.75) is 18.1 Å². The number of methoxy groups -OCH3 is 1. The van der Waals surface area contributed by atoms with Crippen molar-refractivity contribution in [3.63, 3.8) is 0 Å². The third-order valence-corrected chi connectivity index (χ3v) is 6.73. The Morgan fingerprint density at radius 2 is 1.86 bits per heavy atom. The van der Waals surface area contributed by atoms with Gasteiger partial charge in [0.05, 0.1) is 19.1 Å². The summed E-state index contributed by atoms with van der Waals surface area (Å²) in [6, 6.07) is 14.2. The quantitative estimate of drug-likeness (QED) is 0.194. The van der Waals surface area contributed by atoms with Crippen molar-refractivity contribution in [2.24, 2.45) is 19.2 Å². The van der Waals surface area contributed by atoms with Crippen molar-refractivity contribution in [3.8, 4) is 11.5 Å². The number of hydrogen-bond donors (Lipinski definition) is 2. The van der Waals surface area contributed by atoms with Gasteiger partial charge in [0.2, 0.25) is 0 Å². The number of rotatable bonds is 9. The minimum Gasteiger partial charge on any atom is -0.507 e. The second kappa shape index (κ2) is 11.2. The number of nitrogens with zero attached hydrogens (tertiary/aromatic N) is 5. The highest BCUT2D eigenvalue weighted by Gasteiger charge is 2.20. The third-order valence-electron chi connectivity index (χ3n) is 5.76. The van der Waals surface area contributed by atoms with Gasteiger partial charge in [0.15, 0.2) is 16.3 Å². The molecule has 0 atom stereocenters. The first-order valence-corrected chi connectivity index (χ1v) is 12.3. The summed E-state index contributed by atoms with van der Waals surface area (Å²) in [4.78, 5) is 42.4. The number of phenolic OH excluding ortho intramolecular Hbond substituents is 1. The fourth-order valence-corrected chi connectivity index (χ4v) is 4.52. The molecule has 37 heavy (non-hydrogen) atoms. The van der Waals surface area contributed by atoms with Crippen LogP contribution in [0.15, 0.2) is 68.4 Å². The van der Waals surface area contributed by atoms with E-state index in [2.05, 4.69) is 15.5 Å². The molecule has 2 aromatic carbocycles. The molecule has 0 saturated heterocycles. The molecule has 12 heteroatoms. The molecule has 4 rings (SSSR count). The standard InChI is InChI=1S/C25H26N6O5S/c1-29-22-21(23(34)30(2)25(29)35)31(13-12-16-8-10-18(36-3)11-9-16)24(27-22)37-15-20(33)28-26-14-17-6-4-5-7-19(17)32/h4-11,14,32H,12-13,15H2,1-3H3,(H,28,33)/b26-14-. The maximum Gasteiger partial charge on any atom is 0.332 e. The van der Waals surface area contributed by atoms with Gasteiger partial charge < -0.3 is 14.4 Å². The Labute approximate surface area is 216 Å². The van der Waals surface area contributed by atoms with Crippen molar-refractivity contribution < 1.29 is 14.6 Å². The summed E-state index contributed by atoms with van der Waals surface area (Å²) in [5, 5.41) is 14.1. The molecule has 4 aromatic rings. The van der Waals surface area contributed by atoms with Crippen LogP contribution in [0, 0.1) is 0 Å². The lowest BCUT2D eigenvalue weighted by atomic mass is 10.1. The van der Waals surface area contributed by atoms with Gasteiger partial charge >= 0.3 is 5.69 Å². The van der Waals surface area contributed by atoms with Crippen LogP contribution in [0.3, 0.4) is 0 Å². The van der Waals surface area contributed by atoms with Crippen LogP contribution in [0.25, 0.3) is 11.2 Å². The van der Waals surface area contributed by atoms with Crippen LogP contribution in [-0.2, 0) is 31.9 Å². The molecule has 0 unspecified atom stereocenters. The SMILES string of the molecule is COc1ccc(CCn2c(SCC(=O)N/N=C\c3ccccc3O)nc3c2c(=O)n(C)c(=O)n3C)cc1. The van der Waals surface area contributed by atoms with E-state index >= 15 is 0 Å². The minimum absolute atomic E-state index is 0.0295. The normalized spacial score (nSPS) is 11.3. The number of ether oxygens (including phenoxy) is 1. The highest BCUT2D eigenvalue weighted by Crippen LogP contribution is 2.23. The molecule has 1 amide bonds. The Kier molecular flexibility index (Phi) is 7.77. The average molecular weight is 523 g/mol. The second-order valence-electron chi connectivity index (χ2n) is 8.16. The molecule has 2 N–H and O–H groups in total. The summed E-state index contributed by atoms with van der Waals surface area (Å²) in [5.74, 6) is 0.367. The maximum atomic E-state index is 13.0. The first-order valence-electron chi connectivity index (χ1n) is 11.3. The van der Waals surface area contributed by atoms with Crippen LogP contribution in [0.5, 0.6) is 11.5 Å². The van der Waals surface area contributed by atoms with Gasteiger partial charge in [-0.25, -0.2) is 15.2 Å². The summed E-state index contributed by atoms with van der Waals surface area (Å²) < 4.78 is 9.31. The topological polar surface area (TPSA) is 133 Å². The largest absolute Gasteiger partial charge is 0.507 e. The maximum absolute atomic E-state index is 13.0. The second-order valence-corrected chi connectivity index (χ2v) is 9.11. The first-order chi connectivity index (χ1) is 17.8. The number of thioether (sulfide) groups is 1. The predicted octanol–water partition coefficient (Wildman–Crippen LogP) is 1.63. The van der Waals surface area contributed by atoms with Crippen LogP contribution >= 0.6 is 11.8 Å². The number of carbonyl (C=O) groups is 1. The number of amides is 1. The molecule has 0 aliphatic carbocycles. The van der Waals surface area contributed by atoms with E-state index < -0.39 is 17.2 Å². The van der Waals surface area contributed by atoms with Crippen LogP contribution in [0.4, 0.5) is 0 Å². The predicted molar refractivity (Wildman–Crippen MR) is 141 cm³/mol.